The second-order valence-corrected chi connectivity index (χ2v) is 5.46. The Labute approximate surface area is 131 Å². The summed E-state index contributed by atoms with van der Waals surface area (Å²) in [6.07, 6.45) is 0.754. The topological polar surface area (TPSA) is 79.2 Å². The van der Waals surface area contributed by atoms with E-state index in [4.69, 9.17) is 19.5 Å². The first kappa shape index (κ1) is 16.6. The second kappa shape index (κ2) is 7.51. The summed E-state index contributed by atoms with van der Waals surface area (Å²) in [6, 6.07) is 5.54. The van der Waals surface area contributed by atoms with E-state index in [1.165, 1.54) is 0 Å². The minimum atomic E-state index is -0.374. The number of likely N-dealkylation sites (tertiary alicyclic amines) is 1. The fourth-order valence-electron chi connectivity index (χ4n) is 2.38. The van der Waals surface area contributed by atoms with Gasteiger partial charge in [-0.2, -0.15) is 0 Å². The molecule has 1 aromatic carbocycles. The van der Waals surface area contributed by atoms with Crippen molar-refractivity contribution < 1.29 is 24.3 Å². The molecule has 1 fully saturated rings. The number of amides is 1. The molecule has 1 aliphatic rings. The molecule has 1 heterocycles. The number of hydrogen-bond acceptors (Lipinski definition) is 5. The quantitative estimate of drug-likeness (QED) is 0.699. The summed E-state index contributed by atoms with van der Waals surface area (Å²) in [5, 5.41) is 17.9. The van der Waals surface area contributed by atoms with E-state index in [0.717, 1.165) is 12.0 Å². The fraction of sp³-hybridized carbons (Fsp3) is 0.533. The van der Waals surface area contributed by atoms with Gasteiger partial charge in [0.2, 0.25) is 5.91 Å². The molecule has 22 heavy (non-hydrogen) atoms. The Kier molecular flexibility index (Phi) is 5.68. The van der Waals surface area contributed by atoms with E-state index in [1.54, 1.807) is 17.9 Å². The zero-order chi connectivity index (χ0) is 16.1. The van der Waals surface area contributed by atoms with Crippen molar-refractivity contribution in [2.24, 2.45) is 5.92 Å². The van der Waals surface area contributed by atoms with Crippen molar-refractivity contribution >= 4 is 13.6 Å². The van der Waals surface area contributed by atoms with Crippen LogP contribution in [0.4, 0.5) is 0 Å². The summed E-state index contributed by atoms with van der Waals surface area (Å²) >= 11 is 0. The number of hydrogen-bond donors (Lipinski definition) is 2. The number of carbonyl (C=O) groups excluding carboxylic acids is 1. The standard InChI is InChI=1S/C15H22BNO5/c1-3-11-4-5-12(6-14(11)22-16-20)21-13-7-17(8-13)15(19)10(2)9-18/h4-6,10,13,16,18,20H,3,7-9H2,1-2H3. The molecule has 7 heteroatoms. The number of aliphatic hydroxyl groups excluding tert-OH is 1. The number of carbonyl (C=O) groups is 1. The predicted octanol–water partition coefficient (Wildman–Crippen LogP) is 0.105. The lowest BCUT2D eigenvalue weighted by atomic mass is 10.1. The van der Waals surface area contributed by atoms with Crippen molar-refractivity contribution in [1.29, 1.82) is 0 Å². The van der Waals surface area contributed by atoms with Crippen molar-refractivity contribution in [3.63, 3.8) is 0 Å². The van der Waals surface area contributed by atoms with Crippen molar-refractivity contribution in [2.45, 2.75) is 26.4 Å². The van der Waals surface area contributed by atoms with Crippen LogP contribution in [0.3, 0.4) is 0 Å². The number of rotatable bonds is 7. The van der Waals surface area contributed by atoms with Crippen LogP contribution in [0.1, 0.15) is 19.4 Å². The maximum absolute atomic E-state index is 11.8. The zero-order valence-corrected chi connectivity index (χ0v) is 13.0. The Balaban J connectivity index is 1.91. The first-order chi connectivity index (χ1) is 10.6. The Morgan fingerprint density at radius 3 is 2.82 bits per heavy atom. The van der Waals surface area contributed by atoms with E-state index < -0.39 is 0 Å². The Hall–Kier alpha value is -1.73. The van der Waals surface area contributed by atoms with E-state index in [1.807, 2.05) is 19.1 Å². The number of aliphatic hydroxyl groups is 1. The molecule has 0 spiro atoms. The molecule has 0 radical (unpaired) electrons. The molecule has 0 bridgehead atoms. The van der Waals surface area contributed by atoms with E-state index in [0.29, 0.717) is 24.6 Å². The largest absolute Gasteiger partial charge is 0.538 e. The normalized spacial score (nSPS) is 15.9. The second-order valence-electron chi connectivity index (χ2n) is 5.46. The average molecular weight is 307 g/mol. The fourth-order valence-corrected chi connectivity index (χ4v) is 2.38. The van der Waals surface area contributed by atoms with E-state index >= 15 is 0 Å². The lowest BCUT2D eigenvalue weighted by molar-refractivity contribution is -0.145. The van der Waals surface area contributed by atoms with Gasteiger partial charge in [0.15, 0.2) is 0 Å². The molecular formula is C15H22BNO5. The molecule has 6 nitrogen and oxygen atoms in total. The zero-order valence-electron chi connectivity index (χ0n) is 13.0. The molecule has 1 aromatic rings. The summed E-state index contributed by atoms with van der Waals surface area (Å²) in [7, 11) is -0.374. The first-order valence-corrected chi connectivity index (χ1v) is 7.51. The smallest absolute Gasteiger partial charge is 0.504 e. The van der Waals surface area contributed by atoms with Crippen LogP contribution >= 0.6 is 0 Å². The van der Waals surface area contributed by atoms with Gasteiger partial charge in [0.25, 0.3) is 0 Å². The summed E-state index contributed by atoms with van der Waals surface area (Å²) in [6.45, 7) is 4.63. The van der Waals surface area contributed by atoms with Crippen LogP contribution in [-0.2, 0) is 11.2 Å². The molecule has 0 saturated carbocycles. The van der Waals surface area contributed by atoms with Gasteiger partial charge in [-0.15, -0.1) is 0 Å². The van der Waals surface area contributed by atoms with Gasteiger partial charge in [-0.25, -0.2) is 0 Å². The average Bonchev–Trinajstić information content (AvgIpc) is 2.49. The maximum atomic E-state index is 11.8. The van der Waals surface area contributed by atoms with Crippen LogP contribution in [0.15, 0.2) is 18.2 Å². The van der Waals surface area contributed by atoms with Crippen LogP contribution in [0, 0.1) is 5.92 Å². The molecule has 120 valence electrons. The van der Waals surface area contributed by atoms with Gasteiger partial charge >= 0.3 is 7.69 Å². The predicted molar refractivity (Wildman–Crippen MR) is 83.1 cm³/mol. The van der Waals surface area contributed by atoms with Gasteiger partial charge in [0, 0.05) is 6.07 Å². The van der Waals surface area contributed by atoms with Gasteiger partial charge < -0.3 is 24.4 Å². The summed E-state index contributed by atoms with van der Waals surface area (Å²) in [5.41, 5.74) is 1.00. The molecule has 2 N–H and O–H groups in total. The number of ether oxygens (including phenoxy) is 1. The highest BCUT2D eigenvalue weighted by molar-refractivity contribution is 6.17. The van der Waals surface area contributed by atoms with Gasteiger partial charge in [0.05, 0.1) is 25.6 Å². The van der Waals surface area contributed by atoms with Crippen LogP contribution in [0.5, 0.6) is 11.5 Å². The maximum Gasteiger partial charge on any atom is 0.504 e. The third kappa shape index (κ3) is 3.72. The van der Waals surface area contributed by atoms with Crippen LogP contribution in [0.2, 0.25) is 0 Å². The van der Waals surface area contributed by atoms with E-state index in [9.17, 15) is 4.79 Å². The van der Waals surface area contributed by atoms with Crippen molar-refractivity contribution in [3.05, 3.63) is 23.8 Å². The molecule has 1 atom stereocenters. The van der Waals surface area contributed by atoms with Crippen LogP contribution in [-0.4, -0.2) is 54.4 Å². The van der Waals surface area contributed by atoms with Gasteiger partial charge in [0.1, 0.15) is 17.6 Å². The number of nitrogens with zero attached hydrogens (tertiary/aromatic N) is 1. The minimum Gasteiger partial charge on any atom is -0.538 e. The Morgan fingerprint density at radius 1 is 1.50 bits per heavy atom. The summed E-state index contributed by atoms with van der Waals surface area (Å²) in [5.74, 6) is 0.860. The SMILES string of the molecule is CCc1ccc(OC2CN(C(=O)C(C)CO)C2)cc1OBO. The number of benzene rings is 1. The first-order valence-electron chi connectivity index (χ1n) is 7.51. The van der Waals surface area contributed by atoms with Gasteiger partial charge in [-0.05, 0) is 18.1 Å². The minimum absolute atomic E-state index is 0.0482. The molecule has 0 aliphatic carbocycles. The molecular weight excluding hydrogens is 285 g/mol. The van der Waals surface area contributed by atoms with Crippen molar-refractivity contribution in [1.82, 2.24) is 4.90 Å². The van der Waals surface area contributed by atoms with Crippen LogP contribution < -0.4 is 9.39 Å². The van der Waals surface area contributed by atoms with E-state index in [-0.39, 0.29) is 32.2 Å². The highest BCUT2D eigenvalue weighted by Crippen LogP contribution is 2.27. The third-order valence-corrected chi connectivity index (χ3v) is 3.80. The Morgan fingerprint density at radius 2 is 2.23 bits per heavy atom. The summed E-state index contributed by atoms with van der Waals surface area (Å²) in [4.78, 5) is 13.5. The Bertz CT molecular complexity index is 519. The molecule has 1 amide bonds. The molecule has 1 unspecified atom stereocenters. The van der Waals surface area contributed by atoms with Gasteiger partial charge in [-0.3, -0.25) is 4.79 Å². The molecule has 1 aliphatic heterocycles. The number of aryl methyl sites for hydroxylation is 1. The molecule has 1 saturated heterocycles. The van der Waals surface area contributed by atoms with E-state index in [2.05, 4.69) is 0 Å². The highest BCUT2D eigenvalue weighted by atomic mass is 16.5. The third-order valence-electron chi connectivity index (χ3n) is 3.80. The lowest BCUT2D eigenvalue weighted by Crippen LogP contribution is -2.57. The van der Waals surface area contributed by atoms with Crippen molar-refractivity contribution in [2.75, 3.05) is 19.7 Å². The highest BCUT2D eigenvalue weighted by Gasteiger charge is 2.34. The summed E-state index contributed by atoms with van der Waals surface area (Å²) < 4.78 is 11.0. The molecule has 0 aromatic heterocycles. The van der Waals surface area contributed by atoms with Gasteiger partial charge in [-0.1, -0.05) is 19.9 Å². The monoisotopic (exact) mass is 307 g/mol. The van der Waals surface area contributed by atoms with Crippen molar-refractivity contribution in [3.8, 4) is 11.5 Å². The lowest BCUT2D eigenvalue weighted by Gasteiger charge is -2.40. The van der Waals surface area contributed by atoms with Crippen LogP contribution in [0.25, 0.3) is 0 Å². The molecule has 2 rings (SSSR count).